The number of hydrogen-bond donors (Lipinski definition) is 2. The van der Waals surface area contributed by atoms with Crippen molar-refractivity contribution in [3.05, 3.63) is 11.8 Å². The van der Waals surface area contributed by atoms with E-state index in [1.807, 2.05) is 0 Å². The molecule has 1 aliphatic rings. The topological polar surface area (TPSA) is 93.4 Å². The molecule has 23 heavy (non-hydrogen) atoms. The number of aromatic nitrogens is 2. The molecule has 2 heterocycles. The van der Waals surface area contributed by atoms with Crippen LogP contribution in [0.3, 0.4) is 0 Å². The molecule has 10 heteroatoms. The van der Waals surface area contributed by atoms with Crippen molar-refractivity contribution < 1.29 is 22.7 Å². The van der Waals surface area contributed by atoms with Crippen molar-refractivity contribution in [1.29, 1.82) is 0 Å². The van der Waals surface area contributed by atoms with Crippen LogP contribution in [0.25, 0.3) is 0 Å². The molecule has 1 fully saturated rings. The van der Waals surface area contributed by atoms with Crippen LogP contribution in [-0.4, -0.2) is 53.6 Å². The van der Waals surface area contributed by atoms with Gasteiger partial charge >= 0.3 is 6.18 Å². The van der Waals surface area contributed by atoms with Crippen molar-refractivity contribution in [2.75, 3.05) is 43.9 Å². The summed E-state index contributed by atoms with van der Waals surface area (Å²) in [5, 5.41) is 2.61. The number of carbonyl (C=O) groups is 1. The Morgan fingerprint density at radius 2 is 2.17 bits per heavy atom. The SMILES string of the molecule is Nc1ncc(C(F)(F)F)c(NCCCN2CCOCCC2=O)n1. The summed E-state index contributed by atoms with van der Waals surface area (Å²) in [6.07, 6.45) is -3.10. The third kappa shape index (κ3) is 4.95. The number of carbonyl (C=O) groups excluding carboxylic acids is 1. The number of nitrogens with zero attached hydrogens (tertiary/aromatic N) is 3. The molecule has 2 rings (SSSR count). The number of nitrogens with one attached hydrogen (secondary N) is 1. The Morgan fingerprint density at radius 3 is 2.91 bits per heavy atom. The minimum absolute atomic E-state index is 0.00948. The number of nitrogens with two attached hydrogens (primary N) is 1. The van der Waals surface area contributed by atoms with Crippen LogP contribution in [0.1, 0.15) is 18.4 Å². The van der Waals surface area contributed by atoms with Crippen molar-refractivity contribution in [3.8, 4) is 0 Å². The Balaban J connectivity index is 1.89. The molecular weight excluding hydrogens is 315 g/mol. The minimum Gasteiger partial charge on any atom is -0.379 e. The number of halogens is 3. The van der Waals surface area contributed by atoms with E-state index >= 15 is 0 Å². The predicted molar refractivity (Wildman–Crippen MR) is 76.6 cm³/mol. The van der Waals surface area contributed by atoms with Gasteiger partial charge in [0.15, 0.2) is 0 Å². The molecule has 1 saturated heterocycles. The molecular formula is C13H18F3N5O2. The first-order valence-corrected chi connectivity index (χ1v) is 7.17. The highest BCUT2D eigenvalue weighted by Gasteiger charge is 2.35. The van der Waals surface area contributed by atoms with E-state index in [9.17, 15) is 18.0 Å². The van der Waals surface area contributed by atoms with Crippen LogP contribution in [0.2, 0.25) is 0 Å². The Bertz CT molecular complexity index is 553. The first-order valence-electron chi connectivity index (χ1n) is 7.17. The fourth-order valence-electron chi connectivity index (χ4n) is 2.17. The molecule has 1 aromatic heterocycles. The molecule has 0 unspecified atom stereocenters. The number of anilines is 2. The molecule has 1 aliphatic heterocycles. The lowest BCUT2D eigenvalue weighted by Crippen LogP contribution is -2.33. The Morgan fingerprint density at radius 1 is 1.39 bits per heavy atom. The molecule has 0 saturated carbocycles. The molecule has 128 valence electrons. The van der Waals surface area contributed by atoms with Crippen LogP contribution in [-0.2, 0) is 15.7 Å². The number of nitrogen functional groups attached to an aromatic ring is 1. The number of hydrogen-bond acceptors (Lipinski definition) is 6. The molecule has 1 aromatic rings. The zero-order valence-corrected chi connectivity index (χ0v) is 12.4. The maximum Gasteiger partial charge on any atom is 0.421 e. The van der Waals surface area contributed by atoms with E-state index < -0.39 is 11.7 Å². The first-order chi connectivity index (χ1) is 10.9. The van der Waals surface area contributed by atoms with E-state index in [4.69, 9.17) is 10.5 Å². The lowest BCUT2D eigenvalue weighted by molar-refractivity contribution is -0.137. The molecule has 0 aromatic carbocycles. The summed E-state index contributed by atoms with van der Waals surface area (Å²) in [6.45, 7) is 2.04. The van der Waals surface area contributed by atoms with Gasteiger partial charge < -0.3 is 20.7 Å². The minimum atomic E-state index is -4.56. The summed E-state index contributed by atoms with van der Waals surface area (Å²) < 4.78 is 43.7. The average molecular weight is 333 g/mol. The third-order valence-corrected chi connectivity index (χ3v) is 3.33. The quantitative estimate of drug-likeness (QED) is 0.785. The second-order valence-electron chi connectivity index (χ2n) is 5.01. The van der Waals surface area contributed by atoms with Crippen molar-refractivity contribution >= 4 is 17.7 Å². The van der Waals surface area contributed by atoms with Crippen molar-refractivity contribution in [3.63, 3.8) is 0 Å². The van der Waals surface area contributed by atoms with Crippen LogP contribution < -0.4 is 11.1 Å². The third-order valence-electron chi connectivity index (χ3n) is 3.33. The summed E-state index contributed by atoms with van der Waals surface area (Å²) in [7, 11) is 0. The molecule has 0 bridgehead atoms. The monoisotopic (exact) mass is 333 g/mol. The molecule has 3 N–H and O–H groups in total. The van der Waals surface area contributed by atoms with Crippen molar-refractivity contribution in [2.45, 2.75) is 19.0 Å². The highest BCUT2D eigenvalue weighted by molar-refractivity contribution is 5.76. The Hall–Kier alpha value is -2.10. The van der Waals surface area contributed by atoms with E-state index in [1.54, 1.807) is 4.90 Å². The van der Waals surface area contributed by atoms with Crippen molar-refractivity contribution in [1.82, 2.24) is 14.9 Å². The van der Waals surface area contributed by atoms with E-state index in [2.05, 4.69) is 15.3 Å². The summed E-state index contributed by atoms with van der Waals surface area (Å²) in [5.41, 5.74) is 4.36. The van der Waals surface area contributed by atoms with E-state index in [1.165, 1.54) is 0 Å². The van der Waals surface area contributed by atoms with Crippen LogP contribution >= 0.6 is 0 Å². The molecule has 0 radical (unpaired) electrons. The summed E-state index contributed by atoms with van der Waals surface area (Å²) in [5.74, 6) is -0.597. The van der Waals surface area contributed by atoms with E-state index in [0.717, 1.165) is 0 Å². The number of rotatable bonds is 5. The first kappa shape index (κ1) is 17.3. The van der Waals surface area contributed by atoms with Gasteiger partial charge in [0.05, 0.1) is 19.6 Å². The van der Waals surface area contributed by atoms with Crippen LogP contribution in [0.4, 0.5) is 24.9 Å². The second-order valence-corrected chi connectivity index (χ2v) is 5.01. The van der Waals surface area contributed by atoms with Gasteiger partial charge in [0, 0.05) is 25.8 Å². The fraction of sp³-hybridized carbons (Fsp3) is 0.615. The zero-order chi connectivity index (χ0) is 16.9. The normalized spacial score (nSPS) is 16.3. The molecule has 0 aliphatic carbocycles. The van der Waals surface area contributed by atoms with Gasteiger partial charge in [0.2, 0.25) is 11.9 Å². The van der Waals surface area contributed by atoms with E-state index in [-0.39, 0.29) is 24.2 Å². The Labute approximate surface area is 131 Å². The lowest BCUT2D eigenvalue weighted by atomic mass is 10.3. The summed E-state index contributed by atoms with van der Waals surface area (Å²) in [6, 6.07) is 0. The highest BCUT2D eigenvalue weighted by Crippen LogP contribution is 2.33. The number of alkyl halides is 3. The lowest BCUT2D eigenvalue weighted by Gasteiger charge is -2.20. The van der Waals surface area contributed by atoms with Gasteiger partial charge in [-0.3, -0.25) is 4.79 Å². The summed E-state index contributed by atoms with van der Waals surface area (Å²) >= 11 is 0. The van der Waals surface area contributed by atoms with Gasteiger partial charge in [-0.05, 0) is 6.42 Å². The van der Waals surface area contributed by atoms with Gasteiger partial charge in [-0.2, -0.15) is 18.2 Å². The summed E-state index contributed by atoms with van der Waals surface area (Å²) in [4.78, 5) is 20.4. The standard InChI is InChI=1S/C13H18F3N5O2/c14-13(15,16)9-8-19-12(17)20-11(9)18-3-1-4-21-5-7-23-6-2-10(21)22/h8H,1-7H2,(H3,17,18,19,20). The van der Waals surface area contributed by atoms with Crippen LogP contribution in [0.5, 0.6) is 0 Å². The zero-order valence-electron chi connectivity index (χ0n) is 12.4. The van der Waals surface area contributed by atoms with Gasteiger partial charge in [-0.25, -0.2) is 4.98 Å². The van der Waals surface area contributed by atoms with Gasteiger partial charge in [-0.15, -0.1) is 0 Å². The molecule has 1 amide bonds. The second kappa shape index (κ2) is 7.44. The van der Waals surface area contributed by atoms with Gasteiger partial charge in [-0.1, -0.05) is 0 Å². The Kier molecular flexibility index (Phi) is 5.59. The average Bonchev–Trinajstić information content (AvgIpc) is 2.67. The van der Waals surface area contributed by atoms with Gasteiger partial charge in [0.1, 0.15) is 11.4 Å². The smallest absolute Gasteiger partial charge is 0.379 e. The molecule has 0 atom stereocenters. The van der Waals surface area contributed by atoms with Gasteiger partial charge in [0.25, 0.3) is 0 Å². The number of ether oxygens (including phenoxy) is 1. The van der Waals surface area contributed by atoms with Crippen LogP contribution in [0.15, 0.2) is 6.20 Å². The maximum absolute atomic E-state index is 12.8. The largest absolute Gasteiger partial charge is 0.421 e. The molecule has 7 nitrogen and oxygen atoms in total. The highest BCUT2D eigenvalue weighted by atomic mass is 19.4. The molecule has 0 spiro atoms. The fourth-order valence-corrected chi connectivity index (χ4v) is 2.17. The predicted octanol–water partition coefficient (Wildman–Crippen LogP) is 1.13. The van der Waals surface area contributed by atoms with E-state index in [0.29, 0.717) is 45.3 Å². The van der Waals surface area contributed by atoms with Crippen molar-refractivity contribution in [2.24, 2.45) is 0 Å². The van der Waals surface area contributed by atoms with Crippen LogP contribution in [0, 0.1) is 0 Å². The number of amides is 1. The maximum atomic E-state index is 12.8.